The van der Waals surface area contributed by atoms with E-state index in [1.54, 1.807) is 25.3 Å². The smallest absolute Gasteiger partial charge is 0.161 e. The van der Waals surface area contributed by atoms with Crippen molar-refractivity contribution in [3.8, 4) is 11.5 Å². The Morgan fingerprint density at radius 1 is 1.07 bits per heavy atom. The Morgan fingerprint density at radius 3 is 2.53 bits per heavy atom. The monoisotopic (exact) mass is 411 g/mol. The highest BCUT2D eigenvalue weighted by Gasteiger charge is 2.56. The van der Waals surface area contributed by atoms with E-state index in [1.165, 1.54) is 25.3 Å². The number of hydrogen-bond acceptors (Lipinski definition) is 4. The van der Waals surface area contributed by atoms with Crippen LogP contribution in [0.5, 0.6) is 11.5 Å². The average molecular weight is 412 g/mol. The fourth-order valence-electron chi connectivity index (χ4n) is 6.42. The SMILES string of the molecule is COc1cc(CNC23CC4CC(CC(O)(C4)C2)C3)ccc1OCc1ccccc1F. The second kappa shape index (κ2) is 7.54. The lowest BCUT2D eigenvalue weighted by Gasteiger charge is -2.60. The van der Waals surface area contributed by atoms with Crippen LogP contribution in [0.2, 0.25) is 0 Å². The highest BCUT2D eigenvalue weighted by Crippen LogP contribution is 2.57. The molecule has 2 unspecified atom stereocenters. The Kier molecular flexibility index (Phi) is 4.98. The summed E-state index contributed by atoms with van der Waals surface area (Å²) in [4.78, 5) is 0. The van der Waals surface area contributed by atoms with Crippen molar-refractivity contribution in [3.05, 3.63) is 59.4 Å². The minimum Gasteiger partial charge on any atom is -0.493 e. The van der Waals surface area contributed by atoms with Gasteiger partial charge in [-0.3, -0.25) is 0 Å². The predicted molar refractivity (Wildman–Crippen MR) is 113 cm³/mol. The van der Waals surface area contributed by atoms with Crippen molar-refractivity contribution in [2.75, 3.05) is 7.11 Å². The highest BCUT2D eigenvalue weighted by molar-refractivity contribution is 5.43. The van der Waals surface area contributed by atoms with E-state index in [4.69, 9.17) is 9.47 Å². The Labute approximate surface area is 177 Å². The van der Waals surface area contributed by atoms with Crippen molar-refractivity contribution in [2.24, 2.45) is 11.8 Å². The van der Waals surface area contributed by atoms with Crippen LogP contribution in [-0.2, 0) is 13.2 Å². The molecule has 2 N–H and O–H groups in total. The Bertz CT molecular complexity index is 916. The first-order valence-electron chi connectivity index (χ1n) is 11.0. The number of nitrogens with one attached hydrogen (secondary N) is 1. The van der Waals surface area contributed by atoms with Crippen molar-refractivity contribution in [3.63, 3.8) is 0 Å². The zero-order valence-corrected chi connectivity index (χ0v) is 17.5. The first-order chi connectivity index (χ1) is 14.5. The first-order valence-corrected chi connectivity index (χ1v) is 11.0. The molecule has 4 nitrogen and oxygen atoms in total. The van der Waals surface area contributed by atoms with E-state index in [0.717, 1.165) is 31.4 Å². The number of aliphatic hydroxyl groups is 1. The molecule has 30 heavy (non-hydrogen) atoms. The summed E-state index contributed by atoms with van der Waals surface area (Å²) in [7, 11) is 1.62. The zero-order chi connectivity index (χ0) is 20.8. The van der Waals surface area contributed by atoms with Gasteiger partial charge in [0, 0.05) is 17.6 Å². The van der Waals surface area contributed by atoms with E-state index >= 15 is 0 Å². The van der Waals surface area contributed by atoms with Crippen molar-refractivity contribution < 1.29 is 19.0 Å². The maximum Gasteiger partial charge on any atom is 0.161 e. The van der Waals surface area contributed by atoms with Crippen LogP contribution in [0.25, 0.3) is 0 Å². The van der Waals surface area contributed by atoms with E-state index in [1.807, 2.05) is 18.2 Å². The van der Waals surface area contributed by atoms with E-state index < -0.39 is 5.60 Å². The lowest BCUT2D eigenvalue weighted by atomic mass is 9.51. The number of methoxy groups -OCH3 is 1. The van der Waals surface area contributed by atoms with E-state index in [2.05, 4.69) is 5.32 Å². The van der Waals surface area contributed by atoms with Crippen LogP contribution in [0.3, 0.4) is 0 Å². The molecule has 6 rings (SSSR count). The Hall–Kier alpha value is -2.11. The van der Waals surface area contributed by atoms with Crippen molar-refractivity contribution in [1.29, 1.82) is 0 Å². The van der Waals surface area contributed by atoms with Crippen LogP contribution >= 0.6 is 0 Å². The fraction of sp³-hybridized carbons (Fsp3) is 0.520. The second-order valence-electron chi connectivity index (χ2n) is 9.68. The number of ether oxygens (including phenoxy) is 2. The van der Waals surface area contributed by atoms with Gasteiger partial charge in [0.25, 0.3) is 0 Å². The van der Waals surface area contributed by atoms with Gasteiger partial charge in [0.15, 0.2) is 11.5 Å². The summed E-state index contributed by atoms with van der Waals surface area (Å²) in [5.74, 6) is 2.30. The molecular weight excluding hydrogens is 381 g/mol. The van der Waals surface area contributed by atoms with E-state index in [9.17, 15) is 9.50 Å². The molecule has 0 heterocycles. The molecule has 2 aromatic rings. The van der Waals surface area contributed by atoms with Crippen molar-refractivity contribution in [1.82, 2.24) is 5.32 Å². The predicted octanol–water partition coefficient (Wildman–Crippen LogP) is 4.59. The average Bonchev–Trinajstić information content (AvgIpc) is 2.70. The molecule has 5 heteroatoms. The molecule has 0 radical (unpaired) electrons. The van der Waals surface area contributed by atoms with Crippen LogP contribution in [0, 0.1) is 17.7 Å². The summed E-state index contributed by atoms with van der Waals surface area (Å²) in [6, 6.07) is 12.5. The summed E-state index contributed by atoms with van der Waals surface area (Å²) in [6.45, 7) is 0.893. The lowest BCUT2D eigenvalue weighted by molar-refractivity contribution is -0.142. The maximum absolute atomic E-state index is 13.8. The number of rotatable bonds is 7. The summed E-state index contributed by atoms with van der Waals surface area (Å²) in [5, 5.41) is 14.8. The van der Waals surface area contributed by atoms with Crippen LogP contribution < -0.4 is 14.8 Å². The van der Waals surface area contributed by atoms with Gasteiger partial charge in [0.1, 0.15) is 12.4 Å². The molecule has 2 aromatic carbocycles. The van der Waals surface area contributed by atoms with Gasteiger partial charge in [-0.25, -0.2) is 4.39 Å². The number of halogens is 1. The third-order valence-electron chi connectivity index (χ3n) is 7.27. The normalized spacial score (nSPS) is 31.7. The van der Waals surface area contributed by atoms with Gasteiger partial charge in [-0.1, -0.05) is 24.3 Å². The maximum atomic E-state index is 13.8. The third kappa shape index (κ3) is 3.81. The molecule has 4 fully saturated rings. The van der Waals surface area contributed by atoms with Gasteiger partial charge >= 0.3 is 0 Å². The van der Waals surface area contributed by atoms with Crippen LogP contribution in [0.1, 0.15) is 49.7 Å². The van der Waals surface area contributed by atoms with Gasteiger partial charge in [-0.05, 0) is 74.1 Å². The zero-order valence-electron chi connectivity index (χ0n) is 17.5. The minimum absolute atomic E-state index is 0.0616. The van der Waals surface area contributed by atoms with Crippen LogP contribution in [0.4, 0.5) is 4.39 Å². The van der Waals surface area contributed by atoms with Gasteiger partial charge in [0.05, 0.1) is 12.7 Å². The molecule has 0 amide bonds. The van der Waals surface area contributed by atoms with Gasteiger partial charge in [-0.15, -0.1) is 0 Å². The van der Waals surface area contributed by atoms with Gasteiger partial charge in [-0.2, -0.15) is 0 Å². The molecular formula is C25H30FNO3. The fourth-order valence-corrected chi connectivity index (χ4v) is 6.42. The third-order valence-corrected chi connectivity index (χ3v) is 7.27. The van der Waals surface area contributed by atoms with E-state index in [-0.39, 0.29) is 18.0 Å². The van der Waals surface area contributed by atoms with Crippen LogP contribution in [0.15, 0.2) is 42.5 Å². The van der Waals surface area contributed by atoms with Gasteiger partial charge in [0.2, 0.25) is 0 Å². The topological polar surface area (TPSA) is 50.7 Å². The van der Waals surface area contributed by atoms with Crippen molar-refractivity contribution in [2.45, 2.75) is 62.8 Å². The van der Waals surface area contributed by atoms with Crippen molar-refractivity contribution >= 4 is 0 Å². The summed E-state index contributed by atoms with van der Waals surface area (Å²) in [6.07, 6.45) is 6.46. The molecule has 0 aromatic heterocycles. The quantitative estimate of drug-likeness (QED) is 0.700. The first kappa shape index (κ1) is 19.8. The molecule has 0 saturated heterocycles. The second-order valence-corrected chi connectivity index (χ2v) is 9.68. The van der Waals surface area contributed by atoms with E-state index in [0.29, 0.717) is 28.9 Å². The molecule has 160 valence electrons. The minimum atomic E-state index is -0.459. The summed E-state index contributed by atoms with van der Waals surface area (Å²) in [5.41, 5.74) is 1.24. The summed E-state index contributed by atoms with van der Waals surface area (Å²) >= 11 is 0. The molecule has 0 spiro atoms. The molecule has 4 bridgehead atoms. The summed E-state index contributed by atoms with van der Waals surface area (Å²) < 4.78 is 25.2. The molecule has 4 aliphatic carbocycles. The largest absolute Gasteiger partial charge is 0.493 e. The molecule has 2 atom stereocenters. The number of benzene rings is 2. The highest BCUT2D eigenvalue weighted by atomic mass is 19.1. The number of hydrogen-bond donors (Lipinski definition) is 2. The van der Waals surface area contributed by atoms with Crippen LogP contribution in [-0.4, -0.2) is 23.4 Å². The van der Waals surface area contributed by atoms with Gasteiger partial charge < -0.3 is 19.9 Å². The standard InChI is InChI=1S/C25H30FNO3/c1-29-23-9-17(6-7-22(23)30-15-20-4-2-3-5-21(20)26)14-27-24-10-18-8-19(11-24)13-25(28,12-18)16-24/h2-7,9,18-19,27-28H,8,10-16H2,1H3. The Morgan fingerprint density at radius 2 is 1.83 bits per heavy atom. The molecule has 4 saturated carbocycles. The molecule has 4 aliphatic rings. The Balaban J connectivity index is 1.25. The molecule has 0 aliphatic heterocycles. The lowest BCUT2D eigenvalue weighted by Crippen LogP contribution is -2.64.